The first-order valence-corrected chi connectivity index (χ1v) is 13.6. The fourth-order valence-electron chi connectivity index (χ4n) is 5.53. The second-order valence-electron chi connectivity index (χ2n) is 11.2. The summed E-state index contributed by atoms with van der Waals surface area (Å²) in [6.07, 6.45) is 9.80. The Labute approximate surface area is 215 Å². The van der Waals surface area contributed by atoms with Crippen molar-refractivity contribution in [1.82, 2.24) is 0 Å². The van der Waals surface area contributed by atoms with Crippen molar-refractivity contribution in [2.75, 3.05) is 13.2 Å². The predicted molar refractivity (Wildman–Crippen MR) is 135 cm³/mol. The highest BCUT2D eigenvalue weighted by Crippen LogP contribution is 2.40. The lowest BCUT2D eigenvalue weighted by atomic mass is 9.70. The molecule has 0 unspecified atom stereocenters. The van der Waals surface area contributed by atoms with Crippen LogP contribution in [0.4, 0.5) is 0 Å². The molecule has 4 bridgehead atoms. The third kappa shape index (κ3) is 8.36. The average Bonchev–Trinajstić information content (AvgIpc) is 2.82. The summed E-state index contributed by atoms with van der Waals surface area (Å²) in [7, 11) is 0. The zero-order chi connectivity index (χ0) is 26.2. The van der Waals surface area contributed by atoms with Crippen LogP contribution in [0.1, 0.15) is 84.5 Å². The van der Waals surface area contributed by atoms with Gasteiger partial charge in [0, 0.05) is 11.8 Å². The maximum absolute atomic E-state index is 12.4. The Kier molecular flexibility index (Phi) is 11.0. The van der Waals surface area contributed by atoms with Crippen LogP contribution in [0.25, 0.3) is 0 Å². The van der Waals surface area contributed by atoms with Crippen molar-refractivity contribution in [3.8, 4) is 0 Å². The summed E-state index contributed by atoms with van der Waals surface area (Å²) < 4.78 is 23.8. The van der Waals surface area contributed by atoms with E-state index in [-0.39, 0.29) is 31.3 Å². The van der Waals surface area contributed by atoms with Crippen molar-refractivity contribution < 1.29 is 39.1 Å². The van der Waals surface area contributed by atoms with Gasteiger partial charge in [-0.15, -0.1) is 6.58 Å². The number of carbonyl (C=O) groups is 1. The average molecular weight is 511 g/mol. The molecule has 8 heteroatoms. The van der Waals surface area contributed by atoms with E-state index in [2.05, 4.69) is 6.58 Å². The first kappa shape index (κ1) is 29.3. The van der Waals surface area contributed by atoms with Crippen molar-refractivity contribution in [2.45, 2.75) is 127 Å². The Bertz CT molecular complexity index is 737. The van der Waals surface area contributed by atoms with Gasteiger partial charge in [-0.3, -0.25) is 4.79 Å². The van der Waals surface area contributed by atoms with Crippen LogP contribution in [0.3, 0.4) is 0 Å². The van der Waals surface area contributed by atoms with Crippen LogP contribution < -0.4 is 0 Å². The lowest BCUT2D eigenvalue weighted by Crippen LogP contribution is -2.44. The van der Waals surface area contributed by atoms with E-state index in [1.165, 1.54) is 0 Å². The third-order valence-electron chi connectivity index (χ3n) is 7.92. The summed E-state index contributed by atoms with van der Waals surface area (Å²) in [5, 5.41) is 31.9. The second kappa shape index (κ2) is 13.5. The van der Waals surface area contributed by atoms with E-state index in [1.54, 1.807) is 6.08 Å². The molecule has 2 fully saturated rings. The van der Waals surface area contributed by atoms with Gasteiger partial charge >= 0.3 is 5.97 Å². The molecule has 3 aliphatic heterocycles. The standard InChI is InChI=1S/C28H46O8/c1-4-12-28(32)13-6-9-24(19-29)35-25(31)17-20(30)16-21-7-5-8-22(34-21)18-23-11-15-33-26(36-23)10-14-27(28,2)3/h4,10,14,20-24,26,29-30,32H,1,5-9,11-13,15-19H2,2-3H3/b14-10+/t20-,21+,22-,23+,24-,26+,28-/m1/s1. The highest BCUT2D eigenvalue weighted by molar-refractivity contribution is 5.70. The molecule has 3 aliphatic rings. The van der Waals surface area contributed by atoms with E-state index >= 15 is 0 Å². The van der Waals surface area contributed by atoms with E-state index in [1.807, 2.05) is 26.0 Å². The molecular formula is C28H46O8. The number of aliphatic hydroxyl groups is 3. The second-order valence-corrected chi connectivity index (χ2v) is 11.2. The molecule has 8 nitrogen and oxygen atoms in total. The van der Waals surface area contributed by atoms with Crippen LogP contribution in [0.5, 0.6) is 0 Å². The molecular weight excluding hydrogens is 464 g/mol. The lowest BCUT2D eigenvalue weighted by Gasteiger charge is -2.41. The number of ether oxygens (including phenoxy) is 4. The number of hydrogen-bond acceptors (Lipinski definition) is 8. The Balaban J connectivity index is 1.78. The number of esters is 1. The number of rotatable bonds is 3. The minimum Gasteiger partial charge on any atom is -0.460 e. The van der Waals surface area contributed by atoms with E-state index in [0.717, 1.165) is 32.1 Å². The summed E-state index contributed by atoms with van der Waals surface area (Å²) in [5.74, 6) is -0.533. The van der Waals surface area contributed by atoms with Crippen molar-refractivity contribution in [3.63, 3.8) is 0 Å². The van der Waals surface area contributed by atoms with Gasteiger partial charge in [-0.2, -0.15) is 0 Å². The quantitative estimate of drug-likeness (QED) is 0.390. The van der Waals surface area contributed by atoms with Crippen molar-refractivity contribution in [1.29, 1.82) is 0 Å². The van der Waals surface area contributed by atoms with Crippen LogP contribution in [0, 0.1) is 5.41 Å². The van der Waals surface area contributed by atoms with Gasteiger partial charge in [-0.1, -0.05) is 26.0 Å². The SMILES string of the molecule is C=CC[C@@]1(O)CCC[C@H](CO)OC(=O)C[C@H](O)C[C@@H]2CCC[C@H](C[C@@H]3CCO[C@H](/C=C/C1(C)C)O3)O2. The number of aliphatic hydroxyl groups excluding tert-OH is 2. The van der Waals surface area contributed by atoms with Crippen molar-refractivity contribution >= 4 is 5.97 Å². The molecule has 0 aliphatic carbocycles. The summed E-state index contributed by atoms with van der Waals surface area (Å²) in [6.45, 7) is 8.06. The van der Waals surface area contributed by atoms with Crippen LogP contribution in [-0.2, 0) is 23.7 Å². The topological polar surface area (TPSA) is 115 Å². The molecule has 3 N–H and O–H groups in total. The third-order valence-corrected chi connectivity index (χ3v) is 7.92. The van der Waals surface area contributed by atoms with E-state index < -0.39 is 35.5 Å². The number of fused-ring (bicyclic) bond motifs is 4. The molecule has 3 heterocycles. The molecule has 206 valence electrons. The van der Waals surface area contributed by atoms with Crippen molar-refractivity contribution in [3.05, 3.63) is 24.8 Å². The molecule has 2 saturated heterocycles. The smallest absolute Gasteiger partial charge is 0.308 e. The Morgan fingerprint density at radius 3 is 2.53 bits per heavy atom. The van der Waals surface area contributed by atoms with Gasteiger partial charge in [0.15, 0.2) is 6.29 Å². The monoisotopic (exact) mass is 510 g/mol. The summed E-state index contributed by atoms with van der Waals surface area (Å²) in [5.41, 5.74) is -1.71. The Morgan fingerprint density at radius 2 is 1.81 bits per heavy atom. The Morgan fingerprint density at radius 1 is 1.08 bits per heavy atom. The molecule has 0 radical (unpaired) electrons. The fourth-order valence-corrected chi connectivity index (χ4v) is 5.53. The van der Waals surface area contributed by atoms with Gasteiger partial charge in [0.1, 0.15) is 6.10 Å². The molecule has 36 heavy (non-hydrogen) atoms. The normalized spacial score (nSPS) is 40.0. The van der Waals surface area contributed by atoms with Gasteiger partial charge < -0.3 is 34.3 Å². The molecule has 0 aromatic rings. The van der Waals surface area contributed by atoms with Gasteiger partial charge in [-0.05, 0) is 63.9 Å². The largest absolute Gasteiger partial charge is 0.460 e. The van der Waals surface area contributed by atoms with Gasteiger partial charge in [0.25, 0.3) is 0 Å². The predicted octanol–water partition coefficient (Wildman–Crippen LogP) is 3.56. The van der Waals surface area contributed by atoms with E-state index in [9.17, 15) is 20.1 Å². The summed E-state index contributed by atoms with van der Waals surface area (Å²) in [4.78, 5) is 12.4. The minimum atomic E-state index is -1.09. The van der Waals surface area contributed by atoms with Crippen LogP contribution in [0.2, 0.25) is 0 Å². The zero-order valence-corrected chi connectivity index (χ0v) is 22.0. The van der Waals surface area contributed by atoms with Crippen LogP contribution in [0.15, 0.2) is 24.8 Å². The summed E-state index contributed by atoms with van der Waals surface area (Å²) in [6, 6.07) is 0. The van der Waals surface area contributed by atoms with Gasteiger partial charge in [0.2, 0.25) is 0 Å². The highest BCUT2D eigenvalue weighted by Gasteiger charge is 2.41. The minimum absolute atomic E-state index is 0.00762. The number of carbonyl (C=O) groups excluding carboxylic acids is 1. The lowest BCUT2D eigenvalue weighted by molar-refractivity contribution is -0.199. The number of hydrogen-bond donors (Lipinski definition) is 3. The molecule has 0 aromatic heterocycles. The summed E-state index contributed by atoms with van der Waals surface area (Å²) >= 11 is 0. The molecule has 0 aromatic carbocycles. The number of cyclic esters (lactones) is 1. The Hall–Kier alpha value is -1.29. The van der Waals surface area contributed by atoms with Crippen molar-refractivity contribution in [2.24, 2.45) is 5.41 Å². The van der Waals surface area contributed by atoms with E-state index in [0.29, 0.717) is 38.7 Å². The van der Waals surface area contributed by atoms with E-state index in [4.69, 9.17) is 18.9 Å². The first-order chi connectivity index (χ1) is 17.1. The first-order valence-electron chi connectivity index (χ1n) is 13.6. The van der Waals surface area contributed by atoms with Crippen LogP contribution >= 0.6 is 0 Å². The van der Waals surface area contributed by atoms with Crippen LogP contribution in [-0.4, -0.2) is 76.9 Å². The molecule has 0 amide bonds. The fraction of sp³-hybridized carbons (Fsp3) is 0.821. The molecule has 0 saturated carbocycles. The molecule has 7 atom stereocenters. The molecule has 3 rings (SSSR count). The highest BCUT2D eigenvalue weighted by atomic mass is 16.7. The zero-order valence-electron chi connectivity index (χ0n) is 22.0. The maximum Gasteiger partial charge on any atom is 0.308 e. The molecule has 0 spiro atoms. The van der Waals surface area contributed by atoms with Gasteiger partial charge in [-0.25, -0.2) is 0 Å². The van der Waals surface area contributed by atoms with Gasteiger partial charge in [0.05, 0.1) is 49.7 Å². The maximum atomic E-state index is 12.4.